The quantitative estimate of drug-likeness (QED) is 0.405. The van der Waals surface area contributed by atoms with Gasteiger partial charge in [-0.1, -0.05) is 11.6 Å². The van der Waals surface area contributed by atoms with Gasteiger partial charge in [0, 0.05) is 6.08 Å². The van der Waals surface area contributed by atoms with Gasteiger partial charge >= 0.3 is 6.18 Å². The summed E-state index contributed by atoms with van der Waals surface area (Å²) in [6.45, 7) is 0. The average molecular weight is 248 g/mol. The van der Waals surface area contributed by atoms with Crippen LogP contribution < -0.4 is 0 Å². The lowest BCUT2D eigenvalue weighted by molar-refractivity contribution is -0.165. The normalized spacial score (nSPS) is 20.6. The zero-order valence-electron chi connectivity index (χ0n) is 5.76. The molecule has 0 atom stereocenters. The molecule has 0 saturated carbocycles. The minimum atomic E-state index is -4.85. The molecular formula is C5HClF3NOS2. The molecule has 0 aromatic rings. The van der Waals surface area contributed by atoms with Crippen LogP contribution in [-0.2, 0) is 4.79 Å². The third-order valence-corrected chi connectivity index (χ3v) is 3.30. The number of nitrogens with zero attached hydrogens (tertiary/aromatic N) is 1. The molecule has 1 rings (SSSR count). The number of hydrogen-bond acceptors (Lipinski definition) is 4. The van der Waals surface area contributed by atoms with Gasteiger partial charge in [-0.25, -0.2) is 0 Å². The standard InChI is InChI=1S/C5HClF3NOS2/c6-4-2(12-13-10-4)1-3(11)5(7,8)9/h1H/b2-1+. The van der Waals surface area contributed by atoms with Crippen LogP contribution >= 0.6 is 33.4 Å². The van der Waals surface area contributed by atoms with Crippen LogP contribution in [-0.4, -0.2) is 17.1 Å². The van der Waals surface area contributed by atoms with Gasteiger partial charge in [-0.15, -0.1) is 0 Å². The van der Waals surface area contributed by atoms with Crippen molar-refractivity contribution in [3.63, 3.8) is 0 Å². The minimum absolute atomic E-state index is 0.0361. The molecule has 0 radical (unpaired) electrons. The number of halogens is 4. The Kier molecular flexibility index (Phi) is 3.31. The van der Waals surface area contributed by atoms with E-state index in [9.17, 15) is 18.0 Å². The Bertz CT molecular complexity index is 299. The molecule has 2 nitrogen and oxygen atoms in total. The Morgan fingerprint density at radius 2 is 2.15 bits per heavy atom. The molecule has 0 fully saturated rings. The maximum atomic E-state index is 11.7. The lowest BCUT2D eigenvalue weighted by Crippen LogP contribution is -2.20. The number of carbonyl (C=O) groups is 1. The molecular weight excluding hydrogens is 247 g/mol. The number of ketones is 1. The zero-order valence-corrected chi connectivity index (χ0v) is 8.15. The molecule has 0 spiro atoms. The molecule has 1 aliphatic heterocycles. The van der Waals surface area contributed by atoms with Crippen molar-refractivity contribution in [2.45, 2.75) is 6.18 Å². The number of alkyl halides is 3. The van der Waals surface area contributed by atoms with Gasteiger partial charge in [0.15, 0.2) is 5.17 Å². The van der Waals surface area contributed by atoms with Gasteiger partial charge in [0.25, 0.3) is 5.78 Å². The molecule has 13 heavy (non-hydrogen) atoms. The minimum Gasteiger partial charge on any atom is -0.285 e. The van der Waals surface area contributed by atoms with Crippen molar-refractivity contribution in [1.29, 1.82) is 0 Å². The first-order valence-corrected chi connectivity index (χ1v) is 5.30. The van der Waals surface area contributed by atoms with Crippen molar-refractivity contribution < 1.29 is 18.0 Å². The topological polar surface area (TPSA) is 29.4 Å². The van der Waals surface area contributed by atoms with E-state index in [1.807, 2.05) is 0 Å². The third kappa shape index (κ3) is 2.92. The molecule has 0 aromatic heterocycles. The molecule has 0 bridgehead atoms. The van der Waals surface area contributed by atoms with Crippen LogP contribution in [0.4, 0.5) is 13.2 Å². The molecule has 0 unspecified atom stereocenters. The third-order valence-electron chi connectivity index (χ3n) is 0.989. The number of rotatable bonds is 1. The summed E-state index contributed by atoms with van der Waals surface area (Å²) in [4.78, 5) is 10.5. The summed E-state index contributed by atoms with van der Waals surface area (Å²) < 4.78 is 38.7. The summed E-state index contributed by atoms with van der Waals surface area (Å²) in [6.07, 6.45) is -4.41. The van der Waals surface area contributed by atoms with Crippen LogP contribution in [0, 0.1) is 0 Å². The van der Waals surface area contributed by atoms with Crippen molar-refractivity contribution >= 4 is 44.3 Å². The fourth-order valence-electron chi connectivity index (χ4n) is 0.455. The second-order valence-electron chi connectivity index (χ2n) is 1.91. The lowest BCUT2D eigenvalue weighted by atomic mass is 10.3. The van der Waals surface area contributed by atoms with Crippen molar-refractivity contribution in [2.24, 2.45) is 4.40 Å². The SMILES string of the molecule is O=C(/C=C1/SSN=C1Cl)C(F)(F)F. The van der Waals surface area contributed by atoms with E-state index in [2.05, 4.69) is 4.40 Å². The highest BCUT2D eigenvalue weighted by molar-refractivity contribution is 8.78. The molecule has 8 heteroatoms. The zero-order chi connectivity index (χ0) is 10.1. The van der Waals surface area contributed by atoms with E-state index >= 15 is 0 Å². The first-order chi connectivity index (χ1) is 5.91. The molecule has 0 N–H and O–H groups in total. The predicted octanol–water partition coefficient (Wildman–Crippen LogP) is 2.95. The largest absolute Gasteiger partial charge is 0.454 e. The van der Waals surface area contributed by atoms with Crippen LogP contribution in [0.2, 0.25) is 0 Å². The number of carbonyl (C=O) groups excluding carboxylic acids is 1. The van der Waals surface area contributed by atoms with Crippen LogP contribution in [0.25, 0.3) is 0 Å². The Labute approximate surface area is 84.1 Å². The Morgan fingerprint density at radius 1 is 1.54 bits per heavy atom. The second-order valence-corrected chi connectivity index (χ2v) is 4.15. The summed E-state index contributed by atoms with van der Waals surface area (Å²) >= 11 is 5.39. The van der Waals surface area contributed by atoms with Crippen LogP contribution in [0.15, 0.2) is 15.4 Å². The summed E-state index contributed by atoms with van der Waals surface area (Å²) in [5.74, 6) is -1.93. The van der Waals surface area contributed by atoms with E-state index in [1.165, 1.54) is 0 Å². The molecule has 0 aliphatic carbocycles. The van der Waals surface area contributed by atoms with Gasteiger partial charge in [-0.2, -0.15) is 17.6 Å². The highest BCUT2D eigenvalue weighted by Gasteiger charge is 2.37. The van der Waals surface area contributed by atoms with E-state index in [4.69, 9.17) is 11.6 Å². The van der Waals surface area contributed by atoms with Crippen molar-refractivity contribution in [3.05, 3.63) is 11.0 Å². The first-order valence-electron chi connectivity index (χ1n) is 2.81. The van der Waals surface area contributed by atoms with Gasteiger partial charge in [-0.3, -0.25) is 4.79 Å². The molecule has 0 saturated heterocycles. The Morgan fingerprint density at radius 3 is 2.54 bits per heavy atom. The van der Waals surface area contributed by atoms with Gasteiger partial charge in [0.2, 0.25) is 0 Å². The van der Waals surface area contributed by atoms with E-state index in [-0.39, 0.29) is 10.1 Å². The van der Waals surface area contributed by atoms with E-state index in [0.29, 0.717) is 6.08 Å². The Hall–Kier alpha value is -0.140. The van der Waals surface area contributed by atoms with E-state index in [0.717, 1.165) is 21.8 Å². The lowest BCUT2D eigenvalue weighted by Gasteiger charge is -2.00. The van der Waals surface area contributed by atoms with Crippen molar-refractivity contribution in [2.75, 3.05) is 0 Å². The van der Waals surface area contributed by atoms with Gasteiger partial charge < -0.3 is 0 Å². The molecule has 1 aliphatic rings. The second kappa shape index (κ2) is 3.93. The van der Waals surface area contributed by atoms with Crippen LogP contribution in [0.3, 0.4) is 0 Å². The van der Waals surface area contributed by atoms with Gasteiger partial charge in [0.05, 0.1) is 15.9 Å². The van der Waals surface area contributed by atoms with E-state index in [1.54, 1.807) is 0 Å². The average Bonchev–Trinajstić information content (AvgIpc) is 2.34. The van der Waals surface area contributed by atoms with E-state index < -0.39 is 12.0 Å². The predicted molar refractivity (Wildman–Crippen MR) is 47.6 cm³/mol. The summed E-state index contributed by atoms with van der Waals surface area (Å²) in [5, 5.41) is -0.0763. The molecule has 0 amide bonds. The van der Waals surface area contributed by atoms with Crippen LogP contribution in [0.5, 0.6) is 0 Å². The Balaban J connectivity index is 2.78. The van der Waals surface area contributed by atoms with Crippen molar-refractivity contribution in [3.8, 4) is 0 Å². The fraction of sp³-hybridized carbons (Fsp3) is 0.200. The number of hydrogen-bond donors (Lipinski definition) is 0. The monoisotopic (exact) mass is 247 g/mol. The maximum absolute atomic E-state index is 11.7. The van der Waals surface area contributed by atoms with Gasteiger partial charge in [-0.05, 0) is 10.8 Å². The fourth-order valence-corrected chi connectivity index (χ4v) is 2.56. The molecule has 1 heterocycles. The highest BCUT2D eigenvalue weighted by Crippen LogP contribution is 2.40. The van der Waals surface area contributed by atoms with Crippen molar-refractivity contribution in [1.82, 2.24) is 0 Å². The highest BCUT2D eigenvalue weighted by atomic mass is 35.5. The number of allylic oxidation sites excluding steroid dienone is 2. The maximum Gasteiger partial charge on any atom is 0.454 e. The summed E-state index contributed by atoms with van der Waals surface area (Å²) in [6, 6.07) is 0. The summed E-state index contributed by atoms with van der Waals surface area (Å²) in [7, 11) is 1.84. The molecule has 0 aromatic carbocycles. The first kappa shape index (κ1) is 10.9. The summed E-state index contributed by atoms with van der Waals surface area (Å²) in [5.41, 5.74) is 0. The molecule has 72 valence electrons. The smallest absolute Gasteiger partial charge is 0.285 e. The van der Waals surface area contributed by atoms with Crippen LogP contribution in [0.1, 0.15) is 0 Å². The van der Waals surface area contributed by atoms with Gasteiger partial charge in [0.1, 0.15) is 0 Å².